The van der Waals surface area contributed by atoms with E-state index in [4.69, 9.17) is 0 Å². The number of hydrogen-bond donors (Lipinski definition) is 2. The van der Waals surface area contributed by atoms with Crippen LogP contribution in [0.2, 0.25) is 0 Å². The van der Waals surface area contributed by atoms with Gasteiger partial charge in [0, 0.05) is 32.0 Å². The van der Waals surface area contributed by atoms with Gasteiger partial charge >= 0.3 is 0 Å². The third-order valence-electron chi connectivity index (χ3n) is 4.01. The summed E-state index contributed by atoms with van der Waals surface area (Å²) in [6.45, 7) is 0.909. The Morgan fingerprint density at radius 1 is 0.964 bits per heavy atom. The van der Waals surface area contributed by atoms with Gasteiger partial charge in [0.25, 0.3) is 0 Å². The van der Waals surface area contributed by atoms with Crippen molar-refractivity contribution in [1.82, 2.24) is 10.6 Å². The third-order valence-corrected chi connectivity index (χ3v) is 5.14. The summed E-state index contributed by atoms with van der Waals surface area (Å²) in [4.78, 5) is 4.36. The zero-order valence-electron chi connectivity index (χ0n) is 15.7. The van der Waals surface area contributed by atoms with Gasteiger partial charge in [-0.05, 0) is 42.7 Å². The molecule has 0 fully saturated rings. The van der Waals surface area contributed by atoms with Crippen LogP contribution in [0, 0.1) is 11.6 Å². The van der Waals surface area contributed by atoms with Crippen LogP contribution in [0.5, 0.6) is 0 Å². The van der Waals surface area contributed by atoms with E-state index in [2.05, 4.69) is 15.6 Å². The maximum atomic E-state index is 13.6. The summed E-state index contributed by atoms with van der Waals surface area (Å²) in [5.41, 5.74) is 1.03. The molecule has 5 nitrogen and oxygen atoms in total. The van der Waals surface area contributed by atoms with Crippen LogP contribution in [0.15, 0.2) is 52.4 Å². The zero-order chi connectivity index (χ0) is 19.9. The van der Waals surface area contributed by atoms with Gasteiger partial charge in [0.2, 0.25) is 0 Å². The Bertz CT molecular complexity index is 884. The van der Waals surface area contributed by atoms with Crippen LogP contribution >= 0.6 is 24.0 Å². The monoisotopic (exact) mass is 523 g/mol. The summed E-state index contributed by atoms with van der Waals surface area (Å²) in [7, 11) is -1.58. The predicted octanol–water partition coefficient (Wildman–Crippen LogP) is 2.94. The van der Waals surface area contributed by atoms with Crippen LogP contribution in [0.25, 0.3) is 0 Å². The molecule has 0 saturated carbocycles. The van der Waals surface area contributed by atoms with Crippen LogP contribution < -0.4 is 10.6 Å². The van der Waals surface area contributed by atoms with Gasteiger partial charge in [0.1, 0.15) is 11.6 Å². The lowest BCUT2D eigenvalue weighted by Gasteiger charge is -2.12. The van der Waals surface area contributed by atoms with Gasteiger partial charge in [-0.15, -0.1) is 24.0 Å². The molecular formula is C19H24F2IN3O2S. The Hall–Kier alpha value is -1.75. The molecule has 0 aliphatic heterocycles. The minimum Gasteiger partial charge on any atom is -0.356 e. The Morgan fingerprint density at radius 2 is 1.50 bits per heavy atom. The van der Waals surface area contributed by atoms with E-state index in [1.54, 1.807) is 31.3 Å². The van der Waals surface area contributed by atoms with Crippen LogP contribution in [-0.4, -0.2) is 40.8 Å². The van der Waals surface area contributed by atoms with Crippen molar-refractivity contribution in [3.05, 3.63) is 65.2 Å². The number of sulfone groups is 1. The molecule has 0 aliphatic rings. The maximum absolute atomic E-state index is 13.6. The number of benzene rings is 2. The van der Waals surface area contributed by atoms with Crippen molar-refractivity contribution >= 4 is 39.8 Å². The Labute approximate surface area is 181 Å². The van der Waals surface area contributed by atoms with Crippen molar-refractivity contribution < 1.29 is 17.2 Å². The molecule has 0 unspecified atom stereocenters. The van der Waals surface area contributed by atoms with E-state index in [1.165, 1.54) is 24.5 Å². The van der Waals surface area contributed by atoms with E-state index in [0.29, 0.717) is 25.5 Å². The van der Waals surface area contributed by atoms with E-state index in [1.807, 2.05) is 0 Å². The number of hydrogen-bond acceptors (Lipinski definition) is 3. The average molecular weight is 523 g/mol. The number of nitrogens with zero attached hydrogens (tertiary/aromatic N) is 1. The molecular weight excluding hydrogens is 499 g/mol. The molecule has 0 aromatic heterocycles. The fourth-order valence-corrected chi connectivity index (χ4v) is 3.16. The highest BCUT2D eigenvalue weighted by Crippen LogP contribution is 2.12. The first-order valence-electron chi connectivity index (χ1n) is 8.47. The van der Waals surface area contributed by atoms with Gasteiger partial charge in [-0.3, -0.25) is 4.99 Å². The lowest BCUT2D eigenvalue weighted by Crippen LogP contribution is -2.39. The highest BCUT2D eigenvalue weighted by Gasteiger charge is 2.08. The fourth-order valence-electron chi connectivity index (χ4n) is 2.53. The lowest BCUT2D eigenvalue weighted by atomic mass is 10.1. The van der Waals surface area contributed by atoms with Crippen LogP contribution in [0.4, 0.5) is 8.78 Å². The van der Waals surface area contributed by atoms with Gasteiger partial charge in [-0.1, -0.05) is 18.2 Å². The highest BCUT2D eigenvalue weighted by atomic mass is 127. The van der Waals surface area contributed by atoms with E-state index in [-0.39, 0.29) is 40.9 Å². The maximum Gasteiger partial charge on any atom is 0.190 e. The summed E-state index contributed by atoms with van der Waals surface area (Å²) in [6, 6.07) is 10.5. The number of halogens is 3. The normalized spacial score (nSPS) is 11.6. The zero-order valence-corrected chi connectivity index (χ0v) is 18.9. The highest BCUT2D eigenvalue weighted by molar-refractivity contribution is 14.0. The number of rotatable bonds is 7. The fraction of sp³-hybridized carbons (Fsp3) is 0.316. The van der Waals surface area contributed by atoms with Gasteiger partial charge < -0.3 is 10.6 Å². The molecule has 2 N–H and O–H groups in total. The van der Waals surface area contributed by atoms with Crippen molar-refractivity contribution in [2.45, 2.75) is 17.7 Å². The predicted molar refractivity (Wildman–Crippen MR) is 118 cm³/mol. The Kier molecular flexibility index (Phi) is 9.80. The molecule has 2 aromatic rings. The second-order valence-electron chi connectivity index (χ2n) is 6.04. The first kappa shape index (κ1) is 24.3. The molecule has 2 aromatic carbocycles. The summed E-state index contributed by atoms with van der Waals surface area (Å²) in [6.07, 6.45) is 2.05. The molecule has 0 radical (unpaired) electrons. The minimum atomic E-state index is -3.20. The Balaban J connectivity index is 0.00000392. The molecule has 154 valence electrons. The molecule has 0 aliphatic carbocycles. The number of nitrogens with one attached hydrogen (secondary N) is 2. The third kappa shape index (κ3) is 7.34. The van der Waals surface area contributed by atoms with Gasteiger partial charge in [0.05, 0.1) is 4.90 Å². The van der Waals surface area contributed by atoms with Gasteiger partial charge in [-0.2, -0.15) is 0 Å². The van der Waals surface area contributed by atoms with Crippen LogP contribution in [0.1, 0.15) is 11.1 Å². The second kappa shape index (κ2) is 11.3. The van der Waals surface area contributed by atoms with Crippen molar-refractivity contribution in [2.75, 3.05) is 26.4 Å². The standard InChI is InChI=1S/C19H23F2N3O2S.HI/c1-22-19(24-13-11-16-17(20)4-3-5-18(16)21)23-12-10-14-6-8-15(9-7-14)27(2,25)26;/h3-9H,10-13H2,1-2H3,(H2,22,23,24);1H. The molecule has 0 saturated heterocycles. The molecule has 9 heteroatoms. The molecule has 0 heterocycles. The SMILES string of the molecule is CN=C(NCCc1ccc(S(C)(=O)=O)cc1)NCCc1c(F)cccc1F.I. The number of aliphatic imine (C=N–C) groups is 1. The van der Waals surface area contributed by atoms with E-state index >= 15 is 0 Å². The molecule has 0 atom stereocenters. The molecule has 2 rings (SSSR count). The topological polar surface area (TPSA) is 70.6 Å². The van der Waals surface area contributed by atoms with Crippen molar-refractivity contribution in [3.8, 4) is 0 Å². The van der Waals surface area contributed by atoms with E-state index in [9.17, 15) is 17.2 Å². The smallest absolute Gasteiger partial charge is 0.190 e. The van der Waals surface area contributed by atoms with Crippen LogP contribution in [-0.2, 0) is 22.7 Å². The summed E-state index contributed by atoms with van der Waals surface area (Å²) in [5, 5.41) is 6.13. The van der Waals surface area contributed by atoms with Crippen molar-refractivity contribution in [1.29, 1.82) is 0 Å². The number of guanidine groups is 1. The van der Waals surface area contributed by atoms with E-state index in [0.717, 1.165) is 5.56 Å². The average Bonchev–Trinajstić information content (AvgIpc) is 2.62. The summed E-state index contributed by atoms with van der Waals surface area (Å²) in [5.74, 6) is -0.589. The van der Waals surface area contributed by atoms with E-state index < -0.39 is 21.5 Å². The molecule has 0 bridgehead atoms. The van der Waals surface area contributed by atoms with Crippen molar-refractivity contribution in [2.24, 2.45) is 4.99 Å². The first-order valence-corrected chi connectivity index (χ1v) is 10.4. The second-order valence-corrected chi connectivity index (χ2v) is 8.06. The largest absolute Gasteiger partial charge is 0.356 e. The van der Waals surface area contributed by atoms with Crippen LogP contribution in [0.3, 0.4) is 0 Å². The lowest BCUT2D eigenvalue weighted by molar-refractivity contribution is 0.553. The summed E-state index contributed by atoms with van der Waals surface area (Å²) < 4.78 is 50.1. The van der Waals surface area contributed by atoms with Gasteiger partial charge in [-0.25, -0.2) is 17.2 Å². The van der Waals surface area contributed by atoms with Crippen molar-refractivity contribution in [3.63, 3.8) is 0 Å². The molecule has 0 amide bonds. The molecule has 0 spiro atoms. The Morgan fingerprint density at radius 3 is 2.00 bits per heavy atom. The van der Waals surface area contributed by atoms with Gasteiger partial charge in [0.15, 0.2) is 15.8 Å². The molecule has 28 heavy (non-hydrogen) atoms. The quantitative estimate of drug-likeness (QED) is 0.333. The summed E-state index contributed by atoms with van der Waals surface area (Å²) >= 11 is 0. The minimum absolute atomic E-state index is 0. The first-order chi connectivity index (χ1) is 12.8.